The summed E-state index contributed by atoms with van der Waals surface area (Å²) in [5.74, 6) is 0.699. The summed E-state index contributed by atoms with van der Waals surface area (Å²) in [6.07, 6.45) is 2.11. The quantitative estimate of drug-likeness (QED) is 0.900. The molecule has 0 unspecified atom stereocenters. The van der Waals surface area contributed by atoms with Gasteiger partial charge in [-0.05, 0) is 13.0 Å². The minimum Gasteiger partial charge on any atom is -0.382 e. The van der Waals surface area contributed by atoms with Crippen molar-refractivity contribution in [3.63, 3.8) is 0 Å². The highest BCUT2D eigenvalue weighted by molar-refractivity contribution is 6.33. The van der Waals surface area contributed by atoms with E-state index in [9.17, 15) is 4.79 Å². The number of carbonyl (C=O) groups excluding carboxylic acids is 1. The molecule has 0 bridgehead atoms. The van der Waals surface area contributed by atoms with Crippen LogP contribution in [0, 0.1) is 6.92 Å². The minimum atomic E-state index is -0.276. The van der Waals surface area contributed by atoms with Crippen LogP contribution in [0.25, 0.3) is 0 Å². The van der Waals surface area contributed by atoms with Gasteiger partial charge in [-0.25, -0.2) is 4.98 Å². The maximum atomic E-state index is 12.0. The topological polar surface area (TPSA) is 94.0 Å². The molecule has 0 aliphatic carbocycles. The predicted octanol–water partition coefficient (Wildman–Crippen LogP) is 2.11. The molecule has 0 aliphatic heterocycles. The van der Waals surface area contributed by atoms with Crippen LogP contribution in [0.3, 0.4) is 0 Å². The van der Waals surface area contributed by atoms with Crippen LogP contribution in [0.15, 0.2) is 16.8 Å². The number of nitrogens with two attached hydrogens (primary N) is 1. The lowest BCUT2D eigenvalue weighted by molar-refractivity contribution is 0.0950. The first-order valence-electron chi connectivity index (χ1n) is 6.16. The molecule has 2 aromatic heterocycles. The number of nitrogens with one attached hydrogen (secondary N) is 1. The summed E-state index contributed by atoms with van der Waals surface area (Å²) in [5, 5.41) is 6.93. The number of rotatable bonds is 4. The molecule has 0 spiro atoms. The molecule has 0 saturated carbocycles. The SMILES string of the molecule is CCc1onc(C)c1CNC(=O)c1cnc(N)c(Cl)c1. The Balaban J connectivity index is 2.08. The molecular formula is C13H15ClN4O2. The van der Waals surface area contributed by atoms with E-state index in [1.54, 1.807) is 0 Å². The zero-order valence-corrected chi connectivity index (χ0v) is 12.0. The fourth-order valence-corrected chi connectivity index (χ4v) is 1.95. The predicted molar refractivity (Wildman–Crippen MR) is 75.4 cm³/mol. The van der Waals surface area contributed by atoms with Crippen LogP contribution in [0.5, 0.6) is 0 Å². The molecule has 0 fully saturated rings. The smallest absolute Gasteiger partial charge is 0.253 e. The van der Waals surface area contributed by atoms with E-state index in [1.165, 1.54) is 12.3 Å². The number of nitrogen functional groups attached to an aromatic ring is 1. The van der Waals surface area contributed by atoms with Crippen molar-refractivity contribution >= 4 is 23.3 Å². The van der Waals surface area contributed by atoms with Gasteiger partial charge < -0.3 is 15.6 Å². The zero-order chi connectivity index (χ0) is 14.7. The van der Waals surface area contributed by atoms with Crippen molar-refractivity contribution in [1.29, 1.82) is 0 Å². The van der Waals surface area contributed by atoms with Gasteiger partial charge in [0.05, 0.1) is 16.3 Å². The van der Waals surface area contributed by atoms with Crippen LogP contribution in [0.2, 0.25) is 5.02 Å². The van der Waals surface area contributed by atoms with E-state index >= 15 is 0 Å². The molecule has 2 rings (SSSR count). The van der Waals surface area contributed by atoms with Crippen molar-refractivity contribution in [2.75, 3.05) is 5.73 Å². The highest BCUT2D eigenvalue weighted by Gasteiger charge is 2.14. The summed E-state index contributed by atoms with van der Waals surface area (Å²) in [5.41, 5.74) is 7.53. The van der Waals surface area contributed by atoms with Crippen LogP contribution < -0.4 is 11.1 Å². The average molecular weight is 295 g/mol. The fourth-order valence-electron chi connectivity index (χ4n) is 1.78. The molecular weight excluding hydrogens is 280 g/mol. The molecule has 0 aromatic carbocycles. The second kappa shape index (κ2) is 5.92. The molecule has 0 aliphatic rings. The van der Waals surface area contributed by atoms with Gasteiger partial charge in [-0.2, -0.15) is 0 Å². The first-order valence-corrected chi connectivity index (χ1v) is 6.54. The second-order valence-electron chi connectivity index (χ2n) is 4.30. The van der Waals surface area contributed by atoms with Crippen molar-refractivity contribution < 1.29 is 9.32 Å². The maximum Gasteiger partial charge on any atom is 0.253 e. The molecule has 6 nitrogen and oxygen atoms in total. The van der Waals surface area contributed by atoms with Gasteiger partial charge in [-0.3, -0.25) is 4.79 Å². The van der Waals surface area contributed by atoms with Crippen molar-refractivity contribution in [2.45, 2.75) is 26.8 Å². The van der Waals surface area contributed by atoms with Gasteiger partial charge in [0.1, 0.15) is 11.6 Å². The largest absolute Gasteiger partial charge is 0.382 e. The van der Waals surface area contributed by atoms with Gasteiger partial charge >= 0.3 is 0 Å². The van der Waals surface area contributed by atoms with E-state index in [-0.39, 0.29) is 16.7 Å². The Morgan fingerprint density at radius 1 is 1.55 bits per heavy atom. The molecule has 7 heteroatoms. The van der Waals surface area contributed by atoms with E-state index in [2.05, 4.69) is 15.5 Å². The van der Waals surface area contributed by atoms with Gasteiger partial charge in [-0.1, -0.05) is 23.7 Å². The molecule has 2 heterocycles. The number of halogens is 1. The van der Waals surface area contributed by atoms with Crippen LogP contribution >= 0.6 is 11.6 Å². The van der Waals surface area contributed by atoms with Crippen LogP contribution in [-0.4, -0.2) is 16.0 Å². The number of hydrogen-bond acceptors (Lipinski definition) is 5. The summed E-state index contributed by atoms with van der Waals surface area (Å²) < 4.78 is 5.17. The molecule has 1 amide bonds. The van der Waals surface area contributed by atoms with Gasteiger partial charge in [0.25, 0.3) is 5.91 Å². The summed E-state index contributed by atoms with van der Waals surface area (Å²) >= 11 is 5.84. The Labute approximate surface area is 121 Å². The van der Waals surface area contributed by atoms with E-state index < -0.39 is 0 Å². The first kappa shape index (κ1) is 14.3. The molecule has 3 N–H and O–H groups in total. The van der Waals surface area contributed by atoms with E-state index in [0.29, 0.717) is 12.1 Å². The van der Waals surface area contributed by atoms with Crippen molar-refractivity contribution in [3.8, 4) is 0 Å². The molecule has 0 radical (unpaired) electrons. The monoisotopic (exact) mass is 294 g/mol. The zero-order valence-electron chi connectivity index (χ0n) is 11.2. The summed E-state index contributed by atoms with van der Waals surface area (Å²) in [6, 6.07) is 1.49. The standard InChI is InChI=1S/C13H15ClN4O2/c1-3-11-9(7(2)18-20-11)6-17-13(19)8-4-10(14)12(15)16-5-8/h4-5H,3,6H2,1-2H3,(H2,15,16)(H,17,19). The first-order chi connectivity index (χ1) is 9.52. The Morgan fingerprint density at radius 3 is 2.95 bits per heavy atom. The maximum absolute atomic E-state index is 12.0. The van der Waals surface area contributed by atoms with E-state index in [0.717, 1.165) is 23.4 Å². The Hall–Kier alpha value is -2.08. The number of amides is 1. The number of anilines is 1. The Morgan fingerprint density at radius 2 is 2.30 bits per heavy atom. The van der Waals surface area contributed by atoms with Crippen molar-refractivity contribution in [2.24, 2.45) is 0 Å². The third kappa shape index (κ3) is 2.91. The van der Waals surface area contributed by atoms with Crippen LogP contribution in [-0.2, 0) is 13.0 Å². The lowest BCUT2D eigenvalue weighted by atomic mass is 10.1. The summed E-state index contributed by atoms with van der Waals surface area (Å²) in [4.78, 5) is 15.9. The fraction of sp³-hybridized carbons (Fsp3) is 0.308. The molecule has 20 heavy (non-hydrogen) atoms. The number of nitrogens with zero attached hydrogens (tertiary/aromatic N) is 2. The number of aromatic nitrogens is 2. The van der Waals surface area contributed by atoms with Gasteiger partial charge in [-0.15, -0.1) is 0 Å². The highest BCUT2D eigenvalue weighted by atomic mass is 35.5. The lowest BCUT2D eigenvalue weighted by Gasteiger charge is -2.06. The van der Waals surface area contributed by atoms with E-state index in [1.807, 2.05) is 13.8 Å². The third-order valence-electron chi connectivity index (χ3n) is 2.94. The lowest BCUT2D eigenvalue weighted by Crippen LogP contribution is -2.23. The number of pyridine rings is 1. The number of aryl methyl sites for hydroxylation is 2. The Kier molecular flexibility index (Phi) is 4.24. The van der Waals surface area contributed by atoms with Crippen LogP contribution in [0.4, 0.5) is 5.82 Å². The molecule has 106 valence electrons. The van der Waals surface area contributed by atoms with Gasteiger partial charge in [0.15, 0.2) is 0 Å². The summed E-state index contributed by atoms with van der Waals surface area (Å²) in [7, 11) is 0. The highest BCUT2D eigenvalue weighted by Crippen LogP contribution is 2.17. The second-order valence-corrected chi connectivity index (χ2v) is 4.70. The normalized spacial score (nSPS) is 10.6. The third-order valence-corrected chi connectivity index (χ3v) is 3.25. The molecule has 0 saturated heterocycles. The molecule has 0 atom stereocenters. The van der Waals surface area contributed by atoms with Crippen molar-refractivity contribution in [1.82, 2.24) is 15.5 Å². The Bertz CT molecular complexity index is 639. The summed E-state index contributed by atoms with van der Waals surface area (Å²) in [6.45, 7) is 4.15. The molecule has 2 aromatic rings. The van der Waals surface area contributed by atoms with Crippen molar-refractivity contribution in [3.05, 3.63) is 39.9 Å². The van der Waals surface area contributed by atoms with E-state index in [4.69, 9.17) is 21.9 Å². The number of hydrogen-bond donors (Lipinski definition) is 2. The minimum absolute atomic E-state index is 0.200. The average Bonchev–Trinajstić information content (AvgIpc) is 2.79. The van der Waals surface area contributed by atoms with Gasteiger partial charge in [0, 0.05) is 24.7 Å². The van der Waals surface area contributed by atoms with Gasteiger partial charge in [0.2, 0.25) is 0 Å². The number of carbonyl (C=O) groups is 1. The van der Waals surface area contributed by atoms with Crippen LogP contribution in [0.1, 0.15) is 34.3 Å².